The van der Waals surface area contributed by atoms with Crippen LogP contribution >= 0.6 is 0 Å². The van der Waals surface area contributed by atoms with Crippen LogP contribution in [0.1, 0.15) is 41.0 Å². The molecule has 0 radical (unpaired) electrons. The summed E-state index contributed by atoms with van der Waals surface area (Å²) < 4.78 is 5.20. The number of ether oxygens (including phenoxy) is 1. The number of anilines is 2. The summed E-state index contributed by atoms with van der Waals surface area (Å²) in [5.74, 6) is 1.83. The summed E-state index contributed by atoms with van der Waals surface area (Å²) in [5.41, 5.74) is 8.12. The van der Waals surface area contributed by atoms with Gasteiger partial charge in [-0.1, -0.05) is 34.6 Å². The van der Waals surface area contributed by atoms with Gasteiger partial charge in [-0.15, -0.1) is 0 Å². The standard InChI is InChI=1S/C20H30N4O/c1-19(2,3)12-20(4,5)13-22-17-11-16(23-18(21)24-17)14-7-9-15(25-6)10-8-14/h7-11H,12-13H2,1-6H3,(H3,21,22,23,24). The lowest BCUT2D eigenvalue weighted by Crippen LogP contribution is -2.28. The van der Waals surface area contributed by atoms with Crippen molar-refractivity contribution in [3.05, 3.63) is 30.3 Å². The van der Waals surface area contributed by atoms with E-state index in [9.17, 15) is 0 Å². The molecule has 0 unspecified atom stereocenters. The molecule has 0 saturated heterocycles. The number of nitrogens with one attached hydrogen (secondary N) is 1. The molecule has 0 aliphatic rings. The second kappa shape index (κ2) is 7.30. The van der Waals surface area contributed by atoms with Gasteiger partial charge in [0.05, 0.1) is 12.8 Å². The van der Waals surface area contributed by atoms with Crippen LogP contribution in [-0.2, 0) is 0 Å². The molecule has 25 heavy (non-hydrogen) atoms. The summed E-state index contributed by atoms with van der Waals surface area (Å²) >= 11 is 0. The minimum Gasteiger partial charge on any atom is -0.497 e. The molecule has 136 valence electrons. The molecule has 0 spiro atoms. The van der Waals surface area contributed by atoms with E-state index in [0.717, 1.165) is 35.8 Å². The molecular weight excluding hydrogens is 312 g/mol. The fourth-order valence-electron chi connectivity index (χ4n) is 3.29. The average Bonchev–Trinajstić information content (AvgIpc) is 2.50. The van der Waals surface area contributed by atoms with Crippen molar-refractivity contribution in [1.29, 1.82) is 0 Å². The van der Waals surface area contributed by atoms with Crippen molar-refractivity contribution in [3.8, 4) is 17.0 Å². The zero-order chi connectivity index (χ0) is 18.7. The highest BCUT2D eigenvalue weighted by Gasteiger charge is 2.25. The first-order valence-corrected chi connectivity index (χ1v) is 8.61. The van der Waals surface area contributed by atoms with Crippen LogP contribution in [0.15, 0.2) is 30.3 Å². The van der Waals surface area contributed by atoms with Crippen molar-refractivity contribution in [2.45, 2.75) is 41.0 Å². The molecule has 0 aliphatic heterocycles. The molecule has 0 bridgehead atoms. The Morgan fingerprint density at radius 3 is 2.24 bits per heavy atom. The van der Waals surface area contributed by atoms with Crippen molar-refractivity contribution in [2.24, 2.45) is 10.8 Å². The number of nitrogen functional groups attached to an aromatic ring is 1. The Labute approximate surface area is 151 Å². The summed E-state index contributed by atoms with van der Waals surface area (Å²) in [5, 5.41) is 3.43. The minimum atomic E-state index is 0.151. The Bertz CT molecular complexity index is 703. The molecule has 1 heterocycles. The van der Waals surface area contributed by atoms with Gasteiger partial charge in [0.1, 0.15) is 11.6 Å². The lowest BCUT2D eigenvalue weighted by Gasteiger charge is -2.32. The molecule has 2 rings (SSSR count). The van der Waals surface area contributed by atoms with Crippen LogP contribution in [0, 0.1) is 10.8 Å². The molecule has 0 amide bonds. The summed E-state index contributed by atoms with van der Waals surface area (Å²) in [6.07, 6.45) is 1.11. The van der Waals surface area contributed by atoms with Crippen molar-refractivity contribution in [3.63, 3.8) is 0 Å². The number of rotatable bonds is 6. The van der Waals surface area contributed by atoms with Gasteiger partial charge in [-0.05, 0) is 41.5 Å². The van der Waals surface area contributed by atoms with Gasteiger partial charge in [0.2, 0.25) is 5.95 Å². The zero-order valence-corrected chi connectivity index (χ0v) is 16.2. The van der Waals surface area contributed by atoms with E-state index in [1.165, 1.54) is 0 Å². The van der Waals surface area contributed by atoms with E-state index in [-0.39, 0.29) is 16.8 Å². The van der Waals surface area contributed by atoms with E-state index < -0.39 is 0 Å². The Morgan fingerprint density at radius 2 is 1.68 bits per heavy atom. The molecule has 5 heteroatoms. The number of aromatic nitrogens is 2. The highest BCUT2D eigenvalue weighted by Crippen LogP contribution is 2.33. The molecule has 0 saturated carbocycles. The van der Waals surface area contributed by atoms with Crippen LogP contribution in [0.5, 0.6) is 5.75 Å². The predicted molar refractivity (Wildman–Crippen MR) is 105 cm³/mol. The average molecular weight is 342 g/mol. The largest absolute Gasteiger partial charge is 0.497 e. The van der Waals surface area contributed by atoms with E-state index in [4.69, 9.17) is 10.5 Å². The molecular formula is C20H30N4O. The number of methoxy groups -OCH3 is 1. The quantitative estimate of drug-likeness (QED) is 0.802. The fourth-order valence-corrected chi connectivity index (χ4v) is 3.29. The third-order valence-corrected chi connectivity index (χ3v) is 3.89. The van der Waals surface area contributed by atoms with E-state index in [1.807, 2.05) is 30.3 Å². The summed E-state index contributed by atoms with van der Waals surface area (Å²) in [7, 11) is 1.65. The van der Waals surface area contributed by atoms with Crippen LogP contribution in [0.2, 0.25) is 0 Å². The number of hydrogen-bond donors (Lipinski definition) is 2. The summed E-state index contributed by atoms with van der Waals surface area (Å²) in [4.78, 5) is 8.67. The van der Waals surface area contributed by atoms with Crippen LogP contribution < -0.4 is 15.8 Å². The number of benzene rings is 1. The summed E-state index contributed by atoms with van der Waals surface area (Å²) in [6, 6.07) is 9.69. The molecule has 1 aromatic heterocycles. The summed E-state index contributed by atoms with van der Waals surface area (Å²) in [6.45, 7) is 12.1. The highest BCUT2D eigenvalue weighted by molar-refractivity contribution is 5.64. The van der Waals surface area contributed by atoms with Crippen molar-refractivity contribution < 1.29 is 4.74 Å². The molecule has 2 aromatic rings. The van der Waals surface area contributed by atoms with Crippen LogP contribution in [0.25, 0.3) is 11.3 Å². The van der Waals surface area contributed by atoms with Gasteiger partial charge in [0, 0.05) is 18.2 Å². The first-order chi connectivity index (χ1) is 11.6. The number of nitrogens with two attached hydrogens (primary N) is 1. The van der Waals surface area contributed by atoms with Gasteiger partial charge in [-0.2, -0.15) is 4.98 Å². The van der Waals surface area contributed by atoms with Gasteiger partial charge >= 0.3 is 0 Å². The zero-order valence-electron chi connectivity index (χ0n) is 16.2. The van der Waals surface area contributed by atoms with E-state index >= 15 is 0 Å². The molecule has 0 atom stereocenters. The van der Waals surface area contributed by atoms with Crippen LogP contribution in [0.4, 0.5) is 11.8 Å². The Morgan fingerprint density at radius 1 is 1.04 bits per heavy atom. The Balaban J connectivity index is 2.15. The predicted octanol–water partition coefficient (Wildman–Crippen LogP) is 4.61. The highest BCUT2D eigenvalue weighted by atomic mass is 16.5. The number of nitrogens with zero attached hydrogens (tertiary/aromatic N) is 2. The lowest BCUT2D eigenvalue weighted by atomic mass is 9.76. The first kappa shape index (κ1) is 19.0. The third-order valence-electron chi connectivity index (χ3n) is 3.89. The van der Waals surface area contributed by atoms with E-state index in [0.29, 0.717) is 0 Å². The third kappa shape index (κ3) is 5.93. The topological polar surface area (TPSA) is 73.1 Å². The van der Waals surface area contributed by atoms with Gasteiger partial charge in [-0.25, -0.2) is 4.98 Å². The Hall–Kier alpha value is -2.30. The monoisotopic (exact) mass is 342 g/mol. The van der Waals surface area contributed by atoms with E-state index in [2.05, 4.69) is 49.9 Å². The SMILES string of the molecule is COc1ccc(-c2cc(NCC(C)(C)CC(C)(C)C)nc(N)n2)cc1. The van der Waals surface area contributed by atoms with Gasteiger partial charge in [0.25, 0.3) is 0 Å². The Kier molecular flexibility index (Phi) is 5.55. The van der Waals surface area contributed by atoms with Crippen molar-refractivity contribution in [1.82, 2.24) is 9.97 Å². The maximum atomic E-state index is 5.91. The molecule has 0 fully saturated rings. The van der Waals surface area contributed by atoms with Gasteiger partial charge < -0.3 is 15.8 Å². The van der Waals surface area contributed by atoms with Gasteiger partial charge in [0.15, 0.2) is 0 Å². The van der Waals surface area contributed by atoms with Crippen molar-refractivity contribution >= 4 is 11.8 Å². The fraction of sp³-hybridized carbons (Fsp3) is 0.500. The molecule has 5 nitrogen and oxygen atoms in total. The maximum Gasteiger partial charge on any atom is 0.222 e. The van der Waals surface area contributed by atoms with Crippen LogP contribution in [-0.4, -0.2) is 23.6 Å². The first-order valence-electron chi connectivity index (χ1n) is 8.61. The van der Waals surface area contributed by atoms with Crippen molar-refractivity contribution in [2.75, 3.05) is 24.7 Å². The minimum absolute atomic E-state index is 0.151. The lowest BCUT2D eigenvalue weighted by molar-refractivity contribution is 0.225. The maximum absolute atomic E-state index is 5.91. The van der Waals surface area contributed by atoms with Crippen LogP contribution in [0.3, 0.4) is 0 Å². The second-order valence-corrected chi connectivity index (χ2v) is 8.48. The normalized spacial score (nSPS) is 12.1. The smallest absolute Gasteiger partial charge is 0.222 e. The molecule has 3 N–H and O–H groups in total. The molecule has 0 aliphatic carbocycles. The second-order valence-electron chi connectivity index (χ2n) is 8.48. The van der Waals surface area contributed by atoms with Gasteiger partial charge in [-0.3, -0.25) is 0 Å². The van der Waals surface area contributed by atoms with E-state index in [1.54, 1.807) is 7.11 Å². The molecule has 1 aromatic carbocycles. The number of hydrogen-bond acceptors (Lipinski definition) is 5.